The molecule has 0 bridgehead atoms. The first kappa shape index (κ1) is 14.1. The number of ether oxygens (including phenoxy) is 1. The van der Waals surface area contributed by atoms with Gasteiger partial charge in [0.05, 0.1) is 12.3 Å². The molecule has 0 radical (unpaired) electrons. The molecule has 3 N–H and O–H groups in total. The molecule has 0 aliphatic carbocycles. The normalized spacial score (nSPS) is 9.83. The molecule has 0 saturated heterocycles. The number of carbonyl (C=O) groups is 1. The van der Waals surface area contributed by atoms with Gasteiger partial charge in [-0.2, -0.15) is 0 Å². The van der Waals surface area contributed by atoms with Crippen LogP contribution in [0.3, 0.4) is 0 Å². The molecule has 0 heterocycles. The average Bonchev–Trinajstić information content (AvgIpc) is 2.37. The van der Waals surface area contributed by atoms with Gasteiger partial charge in [0.2, 0.25) is 0 Å². The number of para-hydroxylation sites is 2. The summed E-state index contributed by atoms with van der Waals surface area (Å²) in [6, 6.07) is 6.98. The Morgan fingerprint density at radius 2 is 2.22 bits per heavy atom. The Kier molecular flexibility index (Phi) is 5.73. The number of hydrogen-bond acceptors (Lipinski definition) is 4. The number of aliphatic hydroxyl groups excluding tert-OH is 1. The largest absolute Gasteiger partial charge is 0.482 e. The summed E-state index contributed by atoms with van der Waals surface area (Å²) in [5, 5.41) is 8.85. The number of amides is 1. The Labute approximate surface area is 106 Å². The van der Waals surface area contributed by atoms with Gasteiger partial charge in [-0.25, -0.2) is 0 Å². The van der Waals surface area contributed by atoms with E-state index in [0.29, 0.717) is 18.0 Å². The zero-order chi connectivity index (χ0) is 13.4. The predicted molar refractivity (Wildman–Crippen MR) is 70.2 cm³/mol. The van der Waals surface area contributed by atoms with E-state index in [9.17, 15) is 4.79 Å². The average molecular weight is 250 g/mol. The molecule has 1 amide bonds. The third kappa shape index (κ3) is 4.10. The molecule has 1 aromatic rings. The SMILES string of the molecule is C=CCN(CCO)C(=O)COc1ccccc1N. The summed E-state index contributed by atoms with van der Waals surface area (Å²) in [5.74, 6) is 0.264. The first-order valence-corrected chi connectivity index (χ1v) is 5.66. The number of carbonyl (C=O) groups excluding carboxylic acids is 1. The quantitative estimate of drug-likeness (QED) is 0.550. The van der Waals surface area contributed by atoms with Crippen LogP contribution < -0.4 is 10.5 Å². The van der Waals surface area contributed by atoms with Crippen LogP contribution in [0.4, 0.5) is 5.69 Å². The molecule has 0 atom stereocenters. The fourth-order valence-electron chi connectivity index (χ4n) is 1.44. The minimum atomic E-state index is -0.216. The summed E-state index contributed by atoms with van der Waals surface area (Å²) in [4.78, 5) is 13.3. The summed E-state index contributed by atoms with van der Waals surface area (Å²) in [6.45, 7) is 4.01. The van der Waals surface area contributed by atoms with E-state index in [1.54, 1.807) is 30.3 Å². The lowest BCUT2D eigenvalue weighted by atomic mass is 10.3. The van der Waals surface area contributed by atoms with E-state index in [-0.39, 0.29) is 25.7 Å². The van der Waals surface area contributed by atoms with Crippen LogP contribution in [-0.2, 0) is 4.79 Å². The highest BCUT2D eigenvalue weighted by Crippen LogP contribution is 2.19. The number of rotatable bonds is 7. The summed E-state index contributed by atoms with van der Waals surface area (Å²) in [5.41, 5.74) is 6.18. The summed E-state index contributed by atoms with van der Waals surface area (Å²) in [6.07, 6.45) is 1.60. The van der Waals surface area contributed by atoms with Crippen LogP contribution in [0, 0.1) is 0 Å². The Morgan fingerprint density at radius 3 is 2.83 bits per heavy atom. The maximum Gasteiger partial charge on any atom is 0.260 e. The number of aliphatic hydroxyl groups is 1. The maximum absolute atomic E-state index is 11.8. The lowest BCUT2D eigenvalue weighted by molar-refractivity contribution is -0.133. The fourth-order valence-corrected chi connectivity index (χ4v) is 1.44. The van der Waals surface area contributed by atoms with Crippen LogP contribution in [0.25, 0.3) is 0 Å². The second-order valence-corrected chi connectivity index (χ2v) is 3.68. The highest BCUT2D eigenvalue weighted by molar-refractivity contribution is 5.78. The van der Waals surface area contributed by atoms with Gasteiger partial charge in [0.25, 0.3) is 5.91 Å². The van der Waals surface area contributed by atoms with Crippen molar-refractivity contribution in [3.05, 3.63) is 36.9 Å². The molecule has 98 valence electrons. The van der Waals surface area contributed by atoms with E-state index in [2.05, 4.69) is 6.58 Å². The van der Waals surface area contributed by atoms with Crippen LogP contribution in [0.5, 0.6) is 5.75 Å². The smallest absolute Gasteiger partial charge is 0.260 e. The van der Waals surface area contributed by atoms with Crippen LogP contribution in [0.15, 0.2) is 36.9 Å². The van der Waals surface area contributed by atoms with Gasteiger partial charge in [-0.3, -0.25) is 4.79 Å². The zero-order valence-electron chi connectivity index (χ0n) is 10.2. The number of anilines is 1. The van der Waals surface area contributed by atoms with Crippen LogP contribution in [-0.4, -0.2) is 42.2 Å². The topological polar surface area (TPSA) is 75.8 Å². The summed E-state index contributed by atoms with van der Waals surface area (Å²) in [7, 11) is 0. The van der Waals surface area contributed by atoms with E-state index < -0.39 is 0 Å². The van der Waals surface area contributed by atoms with E-state index in [1.807, 2.05) is 0 Å². The van der Waals surface area contributed by atoms with E-state index in [0.717, 1.165) is 0 Å². The first-order valence-electron chi connectivity index (χ1n) is 5.66. The van der Waals surface area contributed by atoms with Gasteiger partial charge < -0.3 is 20.5 Å². The van der Waals surface area contributed by atoms with Gasteiger partial charge in [-0.1, -0.05) is 18.2 Å². The molecular formula is C13H18N2O3. The van der Waals surface area contributed by atoms with Gasteiger partial charge in [0.15, 0.2) is 6.61 Å². The molecule has 0 spiro atoms. The number of nitrogens with two attached hydrogens (primary N) is 1. The van der Waals surface area contributed by atoms with Crippen molar-refractivity contribution >= 4 is 11.6 Å². The molecule has 0 unspecified atom stereocenters. The van der Waals surface area contributed by atoms with Gasteiger partial charge in [-0.05, 0) is 12.1 Å². The van der Waals surface area contributed by atoms with Crippen molar-refractivity contribution in [2.24, 2.45) is 0 Å². The molecule has 1 aromatic carbocycles. The van der Waals surface area contributed by atoms with Gasteiger partial charge in [0.1, 0.15) is 5.75 Å². The predicted octanol–water partition coefficient (Wildman–Crippen LogP) is 0.654. The second-order valence-electron chi connectivity index (χ2n) is 3.68. The third-order valence-corrected chi connectivity index (χ3v) is 2.34. The molecule has 0 aliphatic rings. The van der Waals surface area contributed by atoms with E-state index in [1.165, 1.54) is 4.90 Å². The summed E-state index contributed by atoms with van der Waals surface area (Å²) >= 11 is 0. The van der Waals surface area contributed by atoms with Gasteiger partial charge in [-0.15, -0.1) is 6.58 Å². The maximum atomic E-state index is 11.8. The Morgan fingerprint density at radius 1 is 1.50 bits per heavy atom. The van der Waals surface area contributed by atoms with Crippen LogP contribution in [0.1, 0.15) is 0 Å². The van der Waals surface area contributed by atoms with Crippen molar-refractivity contribution in [3.8, 4) is 5.75 Å². The highest BCUT2D eigenvalue weighted by atomic mass is 16.5. The molecular weight excluding hydrogens is 232 g/mol. The van der Waals surface area contributed by atoms with Gasteiger partial charge in [0, 0.05) is 13.1 Å². The minimum absolute atomic E-state index is 0.0902. The standard InChI is InChI=1S/C13H18N2O3/c1-2-7-15(8-9-16)13(17)10-18-12-6-4-3-5-11(12)14/h2-6,16H,1,7-10,14H2. The van der Waals surface area contributed by atoms with E-state index in [4.69, 9.17) is 15.6 Å². The number of nitrogen functional groups attached to an aromatic ring is 1. The lowest BCUT2D eigenvalue weighted by Gasteiger charge is -2.20. The van der Waals surface area contributed by atoms with Crippen molar-refractivity contribution in [1.29, 1.82) is 0 Å². The molecule has 0 aliphatic heterocycles. The van der Waals surface area contributed by atoms with E-state index >= 15 is 0 Å². The second kappa shape index (κ2) is 7.34. The monoisotopic (exact) mass is 250 g/mol. The van der Waals surface area contributed by atoms with Crippen LogP contribution in [0.2, 0.25) is 0 Å². The Balaban J connectivity index is 2.53. The number of hydrogen-bond donors (Lipinski definition) is 2. The Hall–Kier alpha value is -2.01. The lowest BCUT2D eigenvalue weighted by Crippen LogP contribution is -2.37. The zero-order valence-corrected chi connectivity index (χ0v) is 10.2. The van der Waals surface area contributed by atoms with Crippen LogP contribution >= 0.6 is 0 Å². The summed E-state index contributed by atoms with van der Waals surface area (Å²) < 4.78 is 5.34. The molecule has 18 heavy (non-hydrogen) atoms. The van der Waals surface area contributed by atoms with Crippen molar-refractivity contribution in [3.63, 3.8) is 0 Å². The van der Waals surface area contributed by atoms with Crippen molar-refractivity contribution in [2.75, 3.05) is 32.0 Å². The minimum Gasteiger partial charge on any atom is -0.482 e. The highest BCUT2D eigenvalue weighted by Gasteiger charge is 2.12. The first-order chi connectivity index (χ1) is 8.69. The molecule has 0 fully saturated rings. The number of benzene rings is 1. The molecule has 1 rings (SSSR count). The van der Waals surface area contributed by atoms with Gasteiger partial charge >= 0.3 is 0 Å². The third-order valence-electron chi connectivity index (χ3n) is 2.34. The van der Waals surface area contributed by atoms with Crippen molar-refractivity contribution in [2.45, 2.75) is 0 Å². The Bertz CT molecular complexity index is 407. The molecule has 0 saturated carbocycles. The number of nitrogens with zero attached hydrogens (tertiary/aromatic N) is 1. The molecule has 0 aromatic heterocycles. The van der Waals surface area contributed by atoms with Crippen molar-refractivity contribution < 1.29 is 14.6 Å². The fraction of sp³-hybridized carbons (Fsp3) is 0.308. The molecule has 5 nitrogen and oxygen atoms in total. The van der Waals surface area contributed by atoms with Crippen molar-refractivity contribution in [1.82, 2.24) is 4.90 Å². The molecule has 5 heteroatoms.